The van der Waals surface area contributed by atoms with E-state index in [1.165, 1.54) is 26.0 Å². The van der Waals surface area contributed by atoms with Gasteiger partial charge >= 0.3 is 0 Å². The van der Waals surface area contributed by atoms with E-state index in [1.807, 2.05) is 49.9 Å². The molecule has 1 unspecified atom stereocenters. The van der Waals surface area contributed by atoms with Crippen LogP contribution in [0.4, 0.5) is 13.2 Å². The van der Waals surface area contributed by atoms with Crippen LogP contribution >= 0.6 is 0 Å². The quantitative estimate of drug-likeness (QED) is 0.617. The van der Waals surface area contributed by atoms with Crippen molar-refractivity contribution >= 4 is 0 Å². The molecule has 0 fully saturated rings. The zero-order valence-corrected chi connectivity index (χ0v) is 16.7. The molecule has 1 aliphatic heterocycles. The second-order valence-corrected chi connectivity index (χ2v) is 8.60. The second kappa shape index (κ2) is 7.31. The summed E-state index contributed by atoms with van der Waals surface area (Å²) in [4.78, 5) is 1.90. The molecule has 1 aliphatic rings. The summed E-state index contributed by atoms with van der Waals surface area (Å²) in [6.07, 6.45) is 0.732. The Morgan fingerprint density at radius 2 is 1.70 bits per heavy atom. The van der Waals surface area contributed by atoms with Gasteiger partial charge in [-0.05, 0) is 61.9 Å². The van der Waals surface area contributed by atoms with Crippen molar-refractivity contribution in [2.45, 2.75) is 64.7 Å². The van der Waals surface area contributed by atoms with Gasteiger partial charge in [-0.15, -0.1) is 0 Å². The highest BCUT2D eigenvalue weighted by molar-refractivity contribution is 5.42. The molecule has 0 saturated carbocycles. The minimum atomic E-state index is -1.47. The van der Waals surface area contributed by atoms with E-state index in [0.29, 0.717) is 5.56 Å². The van der Waals surface area contributed by atoms with Crippen LogP contribution in [0.15, 0.2) is 36.4 Å². The van der Waals surface area contributed by atoms with Gasteiger partial charge < -0.3 is 0 Å². The number of hydrogen-bond donors (Lipinski definition) is 0. The molecule has 0 aliphatic carbocycles. The lowest BCUT2D eigenvalue weighted by molar-refractivity contribution is 0.0652. The average Bonchev–Trinajstić information content (AvgIpc) is 2.55. The van der Waals surface area contributed by atoms with Crippen LogP contribution in [-0.4, -0.2) is 23.2 Å². The van der Waals surface area contributed by atoms with Gasteiger partial charge in [0.2, 0.25) is 0 Å². The molecule has 0 amide bonds. The lowest BCUT2D eigenvalue weighted by Crippen LogP contribution is -2.48. The maximum Gasteiger partial charge on any atom is 0.131 e. The summed E-state index contributed by atoms with van der Waals surface area (Å²) in [6, 6.07) is 9.89. The summed E-state index contributed by atoms with van der Waals surface area (Å²) in [5, 5.41) is 0. The molecule has 2 aromatic carbocycles. The fourth-order valence-corrected chi connectivity index (χ4v) is 4.06. The Balaban J connectivity index is 2.19. The first kappa shape index (κ1) is 19.9. The standard InChI is InChI=1S/C23H28F3N/c1-14(2)17-11-19(24)21(20(25)12-17)22-18-9-7-6-8-16(18)10-15(3)27(22)13-23(4,5)26/h6-9,11-12,14-15,22H,10,13H2,1-5H3/t15-,22?/m1/s1. The third kappa shape index (κ3) is 4.06. The zero-order valence-electron chi connectivity index (χ0n) is 16.7. The lowest BCUT2D eigenvalue weighted by atomic mass is 9.83. The Labute approximate surface area is 160 Å². The highest BCUT2D eigenvalue weighted by atomic mass is 19.1. The molecule has 3 rings (SSSR count). The van der Waals surface area contributed by atoms with Crippen LogP contribution in [0.25, 0.3) is 0 Å². The van der Waals surface area contributed by atoms with Crippen LogP contribution < -0.4 is 0 Å². The van der Waals surface area contributed by atoms with Crippen LogP contribution in [0.3, 0.4) is 0 Å². The number of fused-ring (bicyclic) bond motifs is 1. The van der Waals surface area contributed by atoms with Crippen molar-refractivity contribution in [3.63, 3.8) is 0 Å². The first-order valence-electron chi connectivity index (χ1n) is 9.60. The minimum absolute atomic E-state index is 0.0163. The summed E-state index contributed by atoms with van der Waals surface area (Å²) >= 11 is 0. The van der Waals surface area contributed by atoms with Crippen LogP contribution in [0.2, 0.25) is 0 Å². The molecule has 0 saturated heterocycles. The van der Waals surface area contributed by atoms with Crippen LogP contribution in [0.5, 0.6) is 0 Å². The Morgan fingerprint density at radius 3 is 2.26 bits per heavy atom. The highest BCUT2D eigenvalue weighted by Crippen LogP contribution is 2.41. The van der Waals surface area contributed by atoms with Crippen LogP contribution in [0, 0.1) is 11.6 Å². The number of halogens is 3. The van der Waals surface area contributed by atoms with Gasteiger partial charge in [-0.3, -0.25) is 4.90 Å². The normalized spacial score (nSPS) is 20.8. The molecule has 0 bridgehead atoms. The Bertz CT molecular complexity index is 800. The molecule has 27 heavy (non-hydrogen) atoms. The van der Waals surface area contributed by atoms with Gasteiger partial charge in [0.15, 0.2) is 0 Å². The molecule has 0 N–H and O–H groups in total. The van der Waals surface area contributed by atoms with Crippen LogP contribution in [0.1, 0.15) is 68.8 Å². The van der Waals surface area contributed by atoms with E-state index in [0.717, 1.165) is 17.5 Å². The van der Waals surface area contributed by atoms with E-state index < -0.39 is 23.3 Å². The van der Waals surface area contributed by atoms with Crippen molar-refractivity contribution in [1.29, 1.82) is 0 Å². The van der Waals surface area contributed by atoms with Crippen LogP contribution in [-0.2, 0) is 6.42 Å². The van der Waals surface area contributed by atoms with Crippen molar-refractivity contribution in [2.24, 2.45) is 0 Å². The van der Waals surface area contributed by atoms with Gasteiger partial charge in [0.1, 0.15) is 17.3 Å². The number of nitrogens with zero attached hydrogens (tertiary/aromatic N) is 1. The third-order valence-electron chi connectivity index (χ3n) is 5.36. The average molecular weight is 375 g/mol. The summed E-state index contributed by atoms with van der Waals surface area (Å²) in [6.45, 7) is 8.93. The third-order valence-corrected chi connectivity index (χ3v) is 5.36. The van der Waals surface area contributed by atoms with E-state index in [1.54, 1.807) is 0 Å². The van der Waals surface area contributed by atoms with Crippen molar-refractivity contribution in [3.05, 3.63) is 70.3 Å². The SMILES string of the molecule is CC(C)c1cc(F)c(C2c3ccccc3C[C@@H](C)N2CC(C)(C)F)c(F)c1. The fraction of sp³-hybridized carbons (Fsp3) is 0.478. The number of rotatable bonds is 4. The summed E-state index contributed by atoms with van der Waals surface area (Å²) in [7, 11) is 0. The molecule has 0 aromatic heterocycles. The molecule has 0 spiro atoms. The number of alkyl halides is 1. The maximum atomic E-state index is 15.1. The lowest BCUT2D eigenvalue weighted by Gasteiger charge is -2.44. The predicted octanol–water partition coefficient (Wildman–Crippen LogP) is 6.17. The molecular weight excluding hydrogens is 347 g/mol. The monoisotopic (exact) mass is 375 g/mol. The second-order valence-electron chi connectivity index (χ2n) is 8.60. The van der Waals surface area contributed by atoms with Crippen molar-refractivity contribution < 1.29 is 13.2 Å². The molecule has 2 atom stereocenters. The van der Waals surface area contributed by atoms with Crippen molar-refractivity contribution in [2.75, 3.05) is 6.54 Å². The Morgan fingerprint density at radius 1 is 1.11 bits per heavy atom. The Hall–Kier alpha value is -1.81. The van der Waals surface area contributed by atoms with Gasteiger partial charge in [-0.2, -0.15) is 0 Å². The molecule has 146 valence electrons. The zero-order chi connectivity index (χ0) is 19.9. The molecular formula is C23H28F3N. The summed E-state index contributed by atoms with van der Waals surface area (Å²) < 4.78 is 44.8. The van der Waals surface area contributed by atoms with Gasteiger partial charge in [-0.25, -0.2) is 13.2 Å². The van der Waals surface area contributed by atoms with Gasteiger partial charge in [0, 0.05) is 18.2 Å². The summed E-state index contributed by atoms with van der Waals surface area (Å²) in [5.41, 5.74) is 1.10. The van der Waals surface area contributed by atoms with E-state index in [9.17, 15) is 4.39 Å². The topological polar surface area (TPSA) is 3.24 Å². The van der Waals surface area contributed by atoms with E-state index in [4.69, 9.17) is 0 Å². The molecule has 4 heteroatoms. The first-order valence-corrected chi connectivity index (χ1v) is 9.60. The van der Waals surface area contributed by atoms with Gasteiger partial charge in [-0.1, -0.05) is 38.1 Å². The predicted molar refractivity (Wildman–Crippen MR) is 104 cm³/mol. The van der Waals surface area contributed by atoms with E-state index >= 15 is 8.78 Å². The summed E-state index contributed by atoms with van der Waals surface area (Å²) in [5.74, 6) is -1.09. The van der Waals surface area contributed by atoms with E-state index in [-0.39, 0.29) is 24.1 Å². The fourth-order valence-electron chi connectivity index (χ4n) is 4.06. The van der Waals surface area contributed by atoms with Crippen molar-refractivity contribution in [3.8, 4) is 0 Å². The molecule has 1 nitrogen and oxygen atoms in total. The van der Waals surface area contributed by atoms with E-state index in [2.05, 4.69) is 0 Å². The molecule has 0 radical (unpaired) electrons. The van der Waals surface area contributed by atoms with Crippen molar-refractivity contribution in [1.82, 2.24) is 4.90 Å². The minimum Gasteiger partial charge on any atom is -0.286 e. The van der Waals surface area contributed by atoms with Gasteiger partial charge in [0.05, 0.1) is 6.04 Å². The maximum absolute atomic E-state index is 15.1. The highest BCUT2D eigenvalue weighted by Gasteiger charge is 2.39. The number of benzene rings is 2. The Kier molecular flexibility index (Phi) is 5.40. The molecule has 2 aromatic rings. The smallest absolute Gasteiger partial charge is 0.131 e. The number of hydrogen-bond acceptors (Lipinski definition) is 1. The molecule has 1 heterocycles. The van der Waals surface area contributed by atoms with Gasteiger partial charge in [0.25, 0.3) is 0 Å². The first-order chi connectivity index (χ1) is 12.6. The largest absolute Gasteiger partial charge is 0.286 e.